The molecule has 0 amide bonds. The van der Waals surface area contributed by atoms with E-state index in [4.69, 9.17) is 4.74 Å². The Labute approximate surface area is 104 Å². The van der Waals surface area contributed by atoms with Crippen LogP contribution in [0.5, 0.6) is 0 Å². The average molecular weight is 246 g/mol. The third kappa shape index (κ3) is 2.25. The highest BCUT2D eigenvalue weighted by atomic mass is 16.6. The van der Waals surface area contributed by atoms with E-state index < -0.39 is 11.6 Å². The van der Waals surface area contributed by atoms with Gasteiger partial charge in [-0.05, 0) is 32.9 Å². The molecule has 0 aromatic carbocycles. The molecule has 0 aliphatic heterocycles. The molecule has 2 aromatic heterocycles. The number of fused-ring (bicyclic) bond motifs is 1. The first-order valence-electron chi connectivity index (χ1n) is 5.57. The Bertz CT molecular complexity index is 608. The van der Waals surface area contributed by atoms with Gasteiger partial charge in [-0.25, -0.2) is 9.78 Å². The van der Waals surface area contributed by atoms with Crippen molar-refractivity contribution in [2.75, 3.05) is 0 Å². The summed E-state index contributed by atoms with van der Waals surface area (Å²) in [4.78, 5) is 30.0. The van der Waals surface area contributed by atoms with Crippen LogP contribution in [0.3, 0.4) is 0 Å². The van der Waals surface area contributed by atoms with Gasteiger partial charge in [0, 0.05) is 11.6 Å². The molecule has 0 radical (unpaired) electrons. The predicted octanol–water partition coefficient (Wildman–Crippen LogP) is 2.33. The standard InChI is InChI=1S/C13H14N2O3/c1-13(2,3)18-12(17)10-9(7-16)8-5-4-6-14-11(8)15-10/h4-7H,1-3H3,(H,14,15). The van der Waals surface area contributed by atoms with Gasteiger partial charge in [-0.3, -0.25) is 4.79 Å². The summed E-state index contributed by atoms with van der Waals surface area (Å²) in [6, 6.07) is 3.44. The highest BCUT2D eigenvalue weighted by Gasteiger charge is 2.23. The monoisotopic (exact) mass is 246 g/mol. The van der Waals surface area contributed by atoms with Crippen LogP contribution in [0.4, 0.5) is 0 Å². The molecule has 5 heteroatoms. The third-order valence-electron chi connectivity index (χ3n) is 2.33. The number of carbonyl (C=O) groups excluding carboxylic acids is 2. The summed E-state index contributed by atoms with van der Waals surface area (Å²) in [5.74, 6) is -0.553. The van der Waals surface area contributed by atoms with E-state index in [9.17, 15) is 9.59 Å². The van der Waals surface area contributed by atoms with Crippen molar-refractivity contribution in [3.05, 3.63) is 29.6 Å². The molecule has 0 aliphatic rings. The van der Waals surface area contributed by atoms with E-state index >= 15 is 0 Å². The molecule has 0 saturated heterocycles. The van der Waals surface area contributed by atoms with Gasteiger partial charge < -0.3 is 9.72 Å². The number of pyridine rings is 1. The maximum Gasteiger partial charge on any atom is 0.356 e. The summed E-state index contributed by atoms with van der Waals surface area (Å²) >= 11 is 0. The van der Waals surface area contributed by atoms with Crippen LogP contribution < -0.4 is 0 Å². The van der Waals surface area contributed by atoms with Crippen molar-refractivity contribution < 1.29 is 14.3 Å². The van der Waals surface area contributed by atoms with E-state index in [-0.39, 0.29) is 11.3 Å². The Hall–Kier alpha value is -2.17. The first kappa shape index (κ1) is 12.3. The second-order valence-electron chi connectivity index (χ2n) is 4.93. The summed E-state index contributed by atoms with van der Waals surface area (Å²) < 4.78 is 5.24. The van der Waals surface area contributed by atoms with Crippen LogP contribution in [0, 0.1) is 0 Å². The molecule has 5 nitrogen and oxygen atoms in total. The first-order valence-corrected chi connectivity index (χ1v) is 5.57. The van der Waals surface area contributed by atoms with Gasteiger partial charge in [-0.15, -0.1) is 0 Å². The number of esters is 1. The Balaban J connectivity index is 2.51. The number of carbonyl (C=O) groups is 2. The van der Waals surface area contributed by atoms with Crippen LogP contribution in [0.25, 0.3) is 11.0 Å². The fourth-order valence-electron chi connectivity index (χ4n) is 1.66. The number of ether oxygens (including phenoxy) is 1. The van der Waals surface area contributed by atoms with Gasteiger partial charge in [0.15, 0.2) is 6.29 Å². The van der Waals surface area contributed by atoms with E-state index in [1.165, 1.54) is 0 Å². The molecule has 0 saturated carbocycles. The third-order valence-corrected chi connectivity index (χ3v) is 2.33. The fraction of sp³-hybridized carbons (Fsp3) is 0.308. The Kier molecular flexibility index (Phi) is 2.90. The van der Waals surface area contributed by atoms with E-state index in [0.29, 0.717) is 17.3 Å². The Morgan fingerprint density at radius 1 is 1.44 bits per heavy atom. The lowest BCUT2D eigenvalue weighted by atomic mass is 10.1. The van der Waals surface area contributed by atoms with Crippen molar-refractivity contribution in [3.8, 4) is 0 Å². The van der Waals surface area contributed by atoms with Gasteiger partial charge in [0.25, 0.3) is 0 Å². The van der Waals surface area contributed by atoms with Crippen molar-refractivity contribution in [2.45, 2.75) is 26.4 Å². The van der Waals surface area contributed by atoms with Crippen molar-refractivity contribution >= 4 is 23.3 Å². The van der Waals surface area contributed by atoms with Gasteiger partial charge in [-0.2, -0.15) is 0 Å². The van der Waals surface area contributed by atoms with Gasteiger partial charge in [0.1, 0.15) is 16.9 Å². The lowest BCUT2D eigenvalue weighted by Gasteiger charge is -2.19. The topological polar surface area (TPSA) is 72.1 Å². The van der Waals surface area contributed by atoms with Crippen molar-refractivity contribution in [2.24, 2.45) is 0 Å². The lowest BCUT2D eigenvalue weighted by molar-refractivity contribution is 0.00626. The lowest BCUT2D eigenvalue weighted by Crippen LogP contribution is -2.24. The Morgan fingerprint density at radius 2 is 2.17 bits per heavy atom. The van der Waals surface area contributed by atoms with Crippen molar-refractivity contribution in [1.82, 2.24) is 9.97 Å². The van der Waals surface area contributed by atoms with Gasteiger partial charge in [-0.1, -0.05) is 0 Å². The fourth-order valence-corrected chi connectivity index (χ4v) is 1.66. The number of hydrogen-bond donors (Lipinski definition) is 1. The summed E-state index contributed by atoms with van der Waals surface area (Å²) in [5, 5.41) is 0.619. The summed E-state index contributed by atoms with van der Waals surface area (Å²) in [7, 11) is 0. The number of rotatable bonds is 2. The van der Waals surface area contributed by atoms with E-state index in [0.717, 1.165) is 0 Å². The zero-order chi connectivity index (χ0) is 13.3. The molecule has 94 valence electrons. The maximum atomic E-state index is 12.0. The average Bonchev–Trinajstić information content (AvgIpc) is 2.65. The minimum absolute atomic E-state index is 0.147. The smallest absolute Gasteiger partial charge is 0.356 e. The normalized spacial score (nSPS) is 11.5. The number of nitrogens with zero attached hydrogens (tertiary/aromatic N) is 1. The minimum atomic E-state index is -0.609. The van der Waals surface area contributed by atoms with Crippen LogP contribution in [-0.2, 0) is 4.74 Å². The molecule has 0 atom stereocenters. The van der Waals surface area contributed by atoms with E-state index in [1.807, 2.05) is 0 Å². The molecule has 0 fully saturated rings. The zero-order valence-corrected chi connectivity index (χ0v) is 10.5. The molecule has 18 heavy (non-hydrogen) atoms. The molecular weight excluding hydrogens is 232 g/mol. The predicted molar refractivity (Wildman–Crippen MR) is 66.6 cm³/mol. The molecule has 2 rings (SSSR count). The molecule has 2 aromatic rings. The molecule has 0 aliphatic carbocycles. The molecule has 1 N–H and O–H groups in total. The number of aldehydes is 1. The van der Waals surface area contributed by atoms with Crippen LogP contribution >= 0.6 is 0 Å². The number of aromatic nitrogens is 2. The summed E-state index contributed by atoms with van der Waals surface area (Å²) in [6.07, 6.45) is 2.23. The van der Waals surface area contributed by atoms with E-state index in [2.05, 4.69) is 9.97 Å². The largest absolute Gasteiger partial charge is 0.455 e. The molecule has 2 heterocycles. The summed E-state index contributed by atoms with van der Waals surface area (Å²) in [5.41, 5.74) is 0.323. The maximum absolute atomic E-state index is 12.0. The molecule has 0 bridgehead atoms. The van der Waals surface area contributed by atoms with Crippen molar-refractivity contribution in [1.29, 1.82) is 0 Å². The Morgan fingerprint density at radius 3 is 2.78 bits per heavy atom. The minimum Gasteiger partial charge on any atom is -0.455 e. The highest BCUT2D eigenvalue weighted by molar-refractivity contribution is 6.07. The second kappa shape index (κ2) is 4.25. The van der Waals surface area contributed by atoms with Crippen LogP contribution in [0.2, 0.25) is 0 Å². The highest BCUT2D eigenvalue weighted by Crippen LogP contribution is 2.21. The van der Waals surface area contributed by atoms with Gasteiger partial charge in [0.05, 0.1) is 5.56 Å². The van der Waals surface area contributed by atoms with Crippen LogP contribution in [0.15, 0.2) is 18.3 Å². The van der Waals surface area contributed by atoms with Gasteiger partial charge >= 0.3 is 5.97 Å². The van der Waals surface area contributed by atoms with Gasteiger partial charge in [0.2, 0.25) is 0 Å². The zero-order valence-electron chi connectivity index (χ0n) is 10.5. The number of H-pyrrole nitrogens is 1. The number of aromatic amines is 1. The first-order chi connectivity index (χ1) is 8.42. The van der Waals surface area contributed by atoms with Crippen LogP contribution in [0.1, 0.15) is 41.6 Å². The van der Waals surface area contributed by atoms with Crippen molar-refractivity contribution in [3.63, 3.8) is 0 Å². The molecule has 0 unspecified atom stereocenters. The quantitative estimate of drug-likeness (QED) is 0.652. The van der Waals surface area contributed by atoms with E-state index in [1.54, 1.807) is 39.1 Å². The molecular formula is C13H14N2O3. The number of nitrogens with one attached hydrogen (secondary N) is 1. The molecule has 0 spiro atoms. The number of hydrogen-bond acceptors (Lipinski definition) is 4. The van der Waals surface area contributed by atoms with Crippen LogP contribution in [-0.4, -0.2) is 27.8 Å². The SMILES string of the molecule is CC(C)(C)OC(=O)c1[nH]c2ncccc2c1C=O. The summed E-state index contributed by atoms with van der Waals surface area (Å²) in [6.45, 7) is 5.31. The second-order valence-corrected chi connectivity index (χ2v) is 4.93.